The van der Waals surface area contributed by atoms with Crippen LogP contribution in [0.25, 0.3) is 0 Å². The van der Waals surface area contributed by atoms with Crippen LogP contribution in [0, 0.1) is 0 Å². The molecule has 3 nitrogen and oxygen atoms in total. The summed E-state index contributed by atoms with van der Waals surface area (Å²) in [4.78, 5) is 5.78. The van der Waals surface area contributed by atoms with Crippen molar-refractivity contribution < 1.29 is 0 Å². The highest BCUT2D eigenvalue weighted by molar-refractivity contribution is 7.09. The maximum absolute atomic E-state index is 5.81. The zero-order chi connectivity index (χ0) is 13.1. The monoisotopic (exact) mass is 269 g/mol. The zero-order valence-corrected chi connectivity index (χ0v) is 11.3. The molecule has 19 heavy (non-hydrogen) atoms. The van der Waals surface area contributed by atoms with Crippen LogP contribution in [-0.2, 0) is 13.0 Å². The van der Waals surface area contributed by atoms with E-state index in [-0.39, 0.29) is 0 Å². The van der Waals surface area contributed by atoms with Gasteiger partial charge in [-0.1, -0.05) is 18.2 Å². The van der Waals surface area contributed by atoms with Crippen LogP contribution < -0.4 is 5.73 Å². The van der Waals surface area contributed by atoms with Gasteiger partial charge in [-0.2, -0.15) is 0 Å². The molecule has 0 aliphatic rings. The Bertz CT molecular complexity index is 656. The van der Waals surface area contributed by atoms with Crippen LogP contribution in [0.2, 0.25) is 0 Å². The minimum absolute atomic E-state index is 0.803. The Balaban J connectivity index is 1.80. The molecule has 3 aromatic rings. The highest BCUT2D eigenvalue weighted by Gasteiger charge is 2.05. The zero-order valence-electron chi connectivity index (χ0n) is 10.5. The first-order valence-corrected chi connectivity index (χ1v) is 7.06. The molecule has 1 aromatic carbocycles. The first-order chi connectivity index (χ1) is 9.31. The van der Waals surface area contributed by atoms with Crippen LogP contribution in [0.15, 0.2) is 54.2 Å². The third kappa shape index (κ3) is 2.85. The lowest BCUT2D eigenvalue weighted by atomic mass is 10.2. The molecule has 0 aliphatic heterocycles. The number of rotatable bonds is 4. The third-order valence-corrected chi connectivity index (χ3v) is 3.89. The van der Waals surface area contributed by atoms with Gasteiger partial charge < -0.3 is 10.3 Å². The van der Waals surface area contributed by atoms with Gasteiger partial charge in [-0.15, -0.1) is 11.3 Å². The summed E-state index contributed by atoms with van der Waals surface area (Å²) in [6.07, 6.45) is 4.76. The van der Waals surface area contributed by atoms with Gasteiger partial charge in [0.05, 0.1) is 0 Å². The van der Waals surface area contributed by atoms with Crippen molar-refractivity contribution in [2.75, 3.05) is 5.73 Å². The number of anilines is 1. The summed E-state index contributed by atoms with van der Waals surface area (Å²) in [6, 6.07) is 12.2. The number of hydrogen-bond donors (Lipinski definition) is 1. The van der Waals surface area contributed by atoms with Crippen LogP contribution in [0.3, 0.4) is 0 Å². The second kappa shape index (κ2) is 5.28. The van der Waals surface area contributed by atoms with Crippen LogP contribution >= 0.6 is 11.3 Å². The Morgan fingerprint density at radius 1 is 1.21 bits per heavy atom. The van der Waals surface area contributed by atoms with Crippen molar-refractivity contribution in [2.24, 2.45) is 0 Å². The van der Waals surface area contributed by atoms with E-state index in [4.69, 9.17) is 5.73 Å². The van der Waals surface area contributed by atoms with E-state index in [1.807, 2.05) is 30.6 Å². The fourth-order valence-corrected chi connectivity index (χ4v) is 2.81. The van der Waals surface area contributed by atoms with Crippen LogP contribution in [0.1, 0.15) is 16.3 Å². The predicted octanol–water partition coefficient (Wildman–Crippen LogP) is 3.17. The number of thiophene rings is 1. The summed E-state index contributed by atoms with van der Waals surface area (Å²) in [5, 5.41) is 2.10. The molecular weight excluding hydrogens is 254 g/mol. The van der Waals surface area contributed by atoms with Gasteiger partial charge in [0.15, 0.2) is 0 Å². The number of hydrogen-bond acceptors (Lipinski definition) is 3. The predicted molar refractivity (Wildman–Crippen MR) is 79.3 cm³/mol. The molecule has 2 heterocycles. The van der Waals surface area contributed by atoms with Crippen LogP contribution in [-0.4, -0.2) is 9.55 Å². The Kier molecular flexibility index (Phi) is 3.33. The van der Waals surface area contributed by atoms with Crippen LogP contribution in [0.5, 0.6) is 0 Å². The second-order valence-electron chi connectivity index (χ2n) is 4.47. The van der Waals surface area contributed by atoms with Crippen molar-refractivity contribution in [1.29, 1.82) is 0 Å². The molecule has 0 spiro atoms. The summed E-state index contributed by atoms with van der Waals surface area (Å²) in [6.45, 7) is 0.811. The molecule has 0 saturated heterocycles. The van der Waals surface area contributed by atoms with E-state index in [9.17, 15) is 0 Å². The van der Waals surface area contributed by atoms with E-state index >= 15 is 0 Å². The average molecular weight is 269 g/mol. The maximum Gasteiger partial charge on any atom is 0.114 e. The molecule has 3 rings (SSSR count). The number of nitrogen functional groups attached to an aromatic ring is 1. The maximum atomic E-state index is 5.81. The lowest BCUT2D eigenvalue weighted by Crippen LogP contribution is -2.05. The van der Waals surface area contributed by atoms with Gasteiger partial charge in [-0.05, 0) is 29.1 Å². The summed E-state index contributed by atoms with van der Waals surface area (Å²) >= 11 is 1.77. The molecule has 0 aliphatic carbocycles. The van der Waals surface area contributed by atoms with E-state index < -0.39 is 0 Å². The summed E-state index contributed by atoms with van der Waals surface area (Å²) < 4.78 is 2.18. The van der Waals surface area contributed by atoms with Crippen molar-refractivity contribution in [2.45, 2.75) is 13.0 Å². The number of aromatic nitrogens is 2. The number of nitrogens with two attached hydrogens (primary N) is 1. The number of nitrogens with zero attached hydrogens (tertiary/aromatic N) is 2. The minimum Gasteiger partial charge on any atom is -0.399 e. The molecule has 0 amide bonds. The SMILES string of the molecule is Nc1cccc(Cn2ccnc2Cc2cccs2)c1. The van der Waals surface area contributed by atoms with E-state index in [2.05, 4.69) is 33.1 Å². The van der Waals surface area contributed by atoms with Crippen molar-refractivity contribution in [3.05, 3.63) is 70.4 Å². The van der Waals surface area contributed by atoms with Gasteiger partial charge in [0, 0.05) is 35.9 Å². The normalized spacial score (nSPS) is 10.7. The van der Waals surface area contributed by atoms with Crippen LogP contribution in [0.4, 0.5) is 5.69 Å². The van der Waals surface area contributed by atoms with Crippen molar-refractivity contribution in [1.82, 2.24) is 9.55 Å². The van der Waals surface area contributed by atoms with Gasteiger partial charge in [-0.3, -0.25) is 0 Å². The Hall–Kier alpha value is -2.07. The first-order valence-electron chi connectivity index (χ1n) is 6.18. The number of imidazole rings is 1. The fraction of sp³-hybridized carbons (Fsp3) is 0.133. The molecule has 96 valence electrons. The largest absolute Gasteiger partial charge is 0.399 e. The van der Waals surface area contributed by atoms with Crippen molar-refractivity contribution in [3.63, 3.8) is 0 Å². The molecule has 2 N–H and O–H groups in total. The van der Waals surface area contributed by atoms with Gasteiger partial charge in [0.25, 0.3) is 0 Å². The lowest BCUT2D eigenvalue weighted by Gasteiger charge is -2.08. The smallest absolute Gasteiger partial charge is 0.114 e. The molecule has 4 heteroatoms. The van der Waals surface area contributed by atoms with Gasteiger partial charge in [-0.25, -0.2) is 4.98 Å². The highest BCUT2D eigenvalue weighted by atomic mass is 32.1. The highest BCUT2D eigenvalue weighted by Crippen LogP contribution is 2.15. The van der Waals surface area contributed by atoms with E-state index in [1.54, 1.807) is 11.3 Å². The minimum atomic E-state index is 0.803. The van der Waals surface area contributed by atoms with Gasteiger partial charge >= 0.3 is 0 Å². The van der Waals surface area contributed by atoms with E-state index in [1.165, 1.54) is 10.4 Å². The van der Waals surface area contributed by atoms with Crippen molar-refractivity contribution >= 4 is 17.0 Å². The number of benzene rings is 1. The molecule has 0 saturated carbocycles. The quantitative estimate of drug-likeness (QED) is 0.739. The Morgan fingerprint density at radius 3 is 2.95 bits per heavy atom. The summed E-state index contributed by atoms with van der Waals surface area (Å²) in [5.74, 6) is 1.09. The molecule has 2 aromatic heterocycles. The lowest BCUT2D eigenvalue weighted by molar-refractivity contribution is 0.743. The molecule has 0 unspecified atom stereocenters. The molecule has 0 radical (unpaired) electrons. The van der Waals surface area contributed by atoms with Gasteiger partial charge in [0.2, 0.25) is 0 Å². The summed E-state index contributed by atoms with van der Waals surface area (Å²) in [7, 11) is 0. The molecule has 0 atom stereocenters. The fourth-order valence-electron chi connectivity index (χ4n) is 2.11. The molecular formula is C15H15N3S. The van der Waals surface area contributed by atoms with E-state index in [0.717, 1.165) is 24.5 Å². The van der Waals surface area contributed by atoms with E-state index in [0.29, 0.717) is 0 Å². The Morgan fingerprint density at radius 2 is 2.16 bits per heavy atom. The van der Waals surface area contributed by atoms with Gasteiger partial charge in [0.1, 0.15) is 5.82 Å². The first kappa shape index (κ1) is 12.0. The van der Waals surface area contributed by atoms with Crippen molar-refractivity contribution in [3.8, 4) is 0 Å². The summed E-state index contributed by atoms with van der Waals surface area (Å²) in [5.41, 5.74) is 7.81. The topological polar surface area (TPSA) is 43.8 Å². The third-order valence-electron chi connectivity index (χ3n) is 3.02. The second-order valence-corrected chi connectivity index (χ2v) is 5.50. The Labute approximate surface area is 116 Å². The molecule has 0 bridgehead atoms. The standard InChI is InChI=1S/C15H15N3S/c16-13-4-1-3-12(9-13)11-18-7-6-17-15(18)10-14-5-2-8-19-14/h1-9H,10-11,16H2. The molecule has 0 fully saturated rings. The average Bonchev–Trinajstić information content (AvgIpc) is 3.03.